The number of rotatable bonds is 5. The van der Waals surface area contributed by atoms with Gasteiger partial charge in [0.25, 0.3) is 0 Å². The van der Waals surface area contributed by atoms with Crippen molar-refractivity contribution in [2.45, 2.75) is 50.7 Å². The number of benzene rings is 2. The van der Waals surface area contributed by atoms with Crippen molar-refractivity contribution >= 4 is 5.91 Å². The van der Waals surface area contributed by atoms with E-state index in [9.17, 15) is 31.1 Å². The van der Waals surface area contributed by atoms with Crippen molar-refractivity contribution in [3.05, 3.63) is 70.8 Å². The first-order chi connectivity index (χ1) is 15.0. The van der Waals surface area contributed by atoms with E-state index in [0.717, 1.165) is 5.56 Å². The van der Waals surface area contributed by atoms with Crippen LogP contribution in [0.5, 0.6) is 0 Å². The van der Waals surface area contributed by atoms with Crippen LogP contribution in [0, 0.1) is 0 Å². The Hall–Kier alpha value is -2.55. The molecule has 0 radical (unpaired) electrons. The van der Waals surface area contributed by atoms with Crippen LogP contribution in [0.1, 0.15) is 47.9 Å². The van der Waals surface area contributed by atoms with Gasteiger partial charge in [0, 0.05) is 25.4 Å². The Balaban J connectivity index is 1.83. The molecular weight excluding hydrogens is 436 g/mol. The van der Waals surface area contributed by atoms with Gasteiger partial charge in [-0.1, -0.05) is 37.3 Å². The topological polar surface area (TPSA) is 29.5 Å². The number of ether oxygens (including phenoxy) is 1. The predicted molar refractivity (Wildman–Crippen MR) is 106 cm³/mol. The summed E-state index contributed by atoms with van der Waals surface area (Å²) in [6.07, 6.45) is -9.50. The van der Waals surface area contributed by atoms with Gasteiger partial charge in [-0.25, -0.2) is 0 Å². The summed E-state index contributed by atoms with van der Waals surface area (Å²) >= 11 is 0. The average molecular weight is 459 g/mol. The first-order valence-corrected chi connectivity index (χ1v) is 10.2. The molecule has 1 amide bonds. The van der Waals surface area contributed by atoms with Gasteiger partial charge in [-0.3, -0.25) is 4.79 Å². The number of carbonyl (C=O) groups excluding carboxylic acids is 1. The van der Waals surface area contributed by atoms with Crippen molar-refractivity contribution in [2.24, 2.45) is 0 Å². The van der Waals surface area contributed by atoms with Crippen LogP contribution in [0.4, 0.5) is 26.3 Å². The molecule has 0 N–H and O–H groups in total. The van der Waals surface area contributed by atoms with Crippen molar-refractivity contribution in [1.82, 2.24) is 4.90 Å². The molecule has 174 valence electrons. The smallest absolute Gasteiger partial charge is 0.373 e. The minimum absolute atomic E-state index is 0.0166. The van der Waals surface area contributed by atoms with E-state index in [0.29, 0.717) is 38.1 Å². The number of halogens is 6. The molecule has 0 aromatic heterocycles. The molecule has 0 saturated carbocycles. The lowest BCUT2D eigenvalue weighted by Crippen LogP contribution is -2.45. The number of likely N-dealkylation sites (tertiary alicyclic amines) is 1. The third-order valence-corrected chi connectivity index (χ3v) is 5.54. The lowest BCUT2D eigenvalue weighted by molar-refractivity contribution is -0.143. The monoisotopic (exact) mass is 459 g/mol. The van der Waals surface area contributed by atoms with Crippen LogP contribution >= 0.6 is 0 Å². The maximum atomic E-state index is 13.1. The minimum atomic E-state index is -4.91. The second-order valence-electron chi connectivity index (χ2n) is 7.76. The second kappa shape index (κ2) is 9.52. The molecule has 3 rings (SSSR count). The number of alkyl halides is 6. The van der Waals surface area contributed by atoms with Gasteiger partial charge in [0.2, 0.25) is 5.91 Å². The second-order valence-corrected chi connectivity index (χ2v) is 7.76. The van der Waals surface area contributed by atoms with Crippen LogP contribution in [0.2, 0.25) is 0 Å². The van der Waals surface area contributed by atoms with E-state index in [1.54, 1.807) is 11.8 Å². The van der Waals surface area contributed by atoms with Crippen LogP contribution in [-0.2, 0) is 28.5 Å². The van der Waals surface area contributed by atoms with Crippen molar-refractivity contribution in [3.8, 4) is 0 Å². The molecule has 0 bridgehead atoms. The standard InChI is InChI=1S/C23H23F6NO2/c1-2-21(31)30-9-8-20(19(13-30)16-6-4-3-5-7-16)32-14-15-10-17(22(24,25)26)12-18(11-15)23(27,28)29/h3-7,10-12,19-20H,2,8-9,13-14H2,1H3/t19-,20-/m1/s1. The molecule has 1 fully saturated rings. The Bertz CT molecular complexity index is 894. The number of carbonyl (C=O) groups is 1. The van der Waals surface area contributed by atoms with Gasteiger partial charge in [-0.05, 0) is 35.7 Å². The third kappa shape index (κ3) is 5.82. The minimum Gasteiger partial charge on any atom is -0.373 e. The molecule has 32 heavy (non-hydrogen) atoms. The molecule has 1 aliphatic rings. The summed E-state index contributed by atoms with van der Waals surface area (Å²) in [5.74, 6) is -0.259. The zero-order valence-electron chi connectivity index (χ0n) is 17.3. The Kier molecular flexibility index (Phi) is 7.17. The molecule has 0 unspecified atom stereocenters. The van der Waals surface area contributed by atoms with E-state index < -0.39 is 36.2 Å². The van der Waals surface area contributed by atoms with E-state index in [2.05, 4.69) is 0 Å². The van der Waals surface area contributed by atoms with Crippen molar-refractivity contribution in [1.29, 1.82) is 0 Å². The molecule has 3 nitrogen and oxygen atoms in total. The van der Waals surface area contributed by atoms with Gasteiger partial charge in [0.1, 0.15) is 0 Å². The molecular formula is C23H23F6NO2. The highest BCUT2D eigenvalue weighted by molar-refractivity contribution is 5.76. The van der Waals surface area contributed by atoms with Gasteiger partial charge < -0.3 is 9.64 Å². The fourth-order valence-corrected chi connectivity index (χ4v) is 3.91. The summed E-state index contributed by atoms with van der Waals surface area (Å²) in [5, 5.41) is 0. The number of hydrogen-bond donors (Lipinski definition) is 0. The first-order valence-electron chi connectivity index (χ1n) is 10.2. The van der Waals surface area contributed by atoms with Crippen LogP contribution in [-0.4, -0.2) is 30.0 Å². The summed E-state index contributed by atoms with van der Waals surface area (Å²) in [5.41, 5.74) is -2.04. The zero-order chi connectivity index (χ0) is 23.5. The zero-order valence-corrected chi connectivity index (χ0v) is 17.3. The largest absolute Gasteiger partial charge is 0.416 e. The molecule has 0 spiro atoms. The highest BCUT2D eigenvalue weighted by atomic mass is 19.4. The predicted octanol–water partition coefficient (Wildman–Crippen LogP) is 6.04. The summed E-state index contributed by atoms with van der Waals surface area (Å²) in [4.78, 5) is 13.9. The number of amides is 1. The highest BCUT2D eigenvalue weighted by Gasteiger charge is 2.37. The fraction of sp³-hybridized carbons (Fsp3) is 0.435. The van der Waals surface area contributed by atoms with Crippen LogP contribution in [0.25, 0.3) is 0 Å². The van der Waals surface area contributed by atoms with Crippen LogP contribution in [0.15, 0.2) is 48.5 Å². The van der Waals surface area contributed by atoms with Crippen LogP contribution < -0.4 is 0 Å². The third-order valence-electron chi connectivity index (χ3n) is 5.54. The molecule has 9 heteroatoms. The van der Waals surface area contributed by atoms with Gasteiger partial charge in [-0.15, -0.1) is 0 Å². The Morgan fingerprint density at radius 3 is 2.12 bits per heavy atom. The molecule has 1 saturated heterocycles. The fourth-order valence-electron chi connectivity index (χ4n) is 3.91. The van der Waals surface area contributed by atoms with E-state index >= 15 is 0 Å². The maximum absolute atomic E-state index is 13.1. The van der Waals surface area contributed by atoms with Crippen LogP contribution in [0.3, 0.4) is 0 Å². The number of hydrogen-bond acceptors (Lipinski definition) is 2. The summed E-state index contributed by atoms with van der Waals surface area (Å²) < 4.78 is 84.6. The molecule has 2 aromatic rings. The number of nitrogens with zero attached hydrogens (tertiary/aromatic N) is 1. The SMILES string of the molecule is CCC(=O)N1CC[C@@H](OCc2cc(C(F)(F)F)cc(C(F)(F)F)c2)[C@@H](c2ccccc2)C1. The Morgan fingerprint density at radius 2 is 1.59 bits per heavy atom. The van der Waals surface area contributed by atoms with Crippen molar-refractivity contribution < 1.29 is 35.9 Å². The molecule has 1 aliphatic heterocycles. The lowest BCUT2D eigenvalue weighted by atomic mass is 9.87. The quantitative estimate of drug-likeness (QED) is 0.511. The number of piperidine rings is 1. The highest BCUT2D eigenvalue weighted by Crippen LogP contribution is 2.37. The van der Waals surface area contributed by atoms with E-state index in [-0.39, 0.29) is 23.5 Å². The average Bonchev–Trinajstić information content (AvgIpc) is 2.76. The lowest BCUT2D eigenvalue weighted by Gasteiger charge is -2.38. The molecule has 2 aromatic carbocycles. The van der Waals surface area contributed by atoms with Gasteiger partial charge in [-0.2, -0.15) is 26.3 Å². The molecule has 1 heterocycles. The Morgan fingerprint density at radius 1 is 1.00 bits per heavy atom. The summed E-state index contributed by atoms with van der Waals surface area (Å²) in [6, 6.07) is 10.7. The molecule has 2 atom stereocenters. The van der Waals surface area contributed by atoms with Gasteiger partial charge in [0.15, 0.2) is 0 Å². The summed E-state index contributed by atoms with van der Waals surface area (Å²) in [7, 11) is 0. The van der Waals surface area contributed by atoms with Crippen molar-refractivity contribution in [2.75, 3.05) is 13.1 Å². The normalized spacial score (nSPS) is 19.8. The van der Waals surface area contributed by atoms with Gasteiger partial charge in [0.05, 0.1) is 23.8 Å². The van der Waals surface area contributed by atoms with E-state index in [1.165, 1.54) is 0 Å². The van der Waals surface area contributed by atoms with Crippen molar-refractivity contribution in [3.63, 3.8) is 0 Å². The van der Waals surface area contributed by atoms with E-state index in [1.807, 2.05) is 30.3 Å². The molecule has 0 aliphatic carbocycles. The first kappa shape index (κ1) is 24.1. The van der Waals surface area contributed by atoms with E-state index in [4.69, 9.17) is 4.74 Å². The summed E-state index contributed by atoms with van der Waals surface area (Å²) in [6.45, 7) is 2.14. The Labute approximate surface area is 182 Å². The maximum Gasteiger partial charge on any atom is 0.416 e. The van der Waals surface area contributed by atoms with Gasteiger partial charge >= 0.3 is 12.4 Å².